The molecule has 0 saturated carbocycles. The van der Waals surface area contributed by atoms with Gasteiger partial charge in [0.05, 0.1) is 11.9 Å². The highest BCUT2D eigenvalue weighted by Gasteiger charge is 2.10. The summed E-state index contributed by atoms with van der Waals surface area (Å²) in [5.74, 6) is 0.679. The van der Waals surface area contributed by atoms with Gasteiger partial charge in [0.25, 0.3) is 0 Å². The van der Waals surface area contributed by atoms with E-state index < -0.39 is 0 Å². The summed E-state index contributed by atoms with van der Waals surface area (Å²) in [5.41, 5.74) is 0. The highest BCUT2D eigenvalue weighted by Crippen LogP contribution is 2.09. The standard InChI is InChI=1S/C10H21NO2S/c1-8(2)14-7-10(13)11(4)6-5-9(3)12/h8-9,12H,5-7H2,1-4H3. The van der Waals surface area contributed by atoms with Gasteiger partial charge in [-0.3, -0.25) is 4.79 Å². The highest BCUT2D eigenvalue weighted by atomic mass is 32.2. The molecule has 1 N–H and O–H groups in total. The van der Waals surface area contributed by atoms with Gasteiger partial charge in [0.15, 0.2) is 0 Å². The van der Waals surface area contributed by atoms with Crippen LogP contribution in [0.5, 0.6) is 0 Å². The van der Waals surface area contributed by atoms with Crippen LogP contribution in [-0.4, -0.2) is 46.6 Å². The fourth-order valence-electron chi connectivity index (χ4n) is 0.853. The van der Waals surface area contributed by atoms with Crippen molar-refractivity contribution in [3.63, 3.8) is 0 Å². The Morgan fingerprint density at radius 2 is 2.00 bits per heavy atom. The van der Waals surface area contributed by atoms with Crippen LogP contribution >= 0.6 is 11.8 Å². The van der Waals surface area contributed by atoms with Crippen LogP contribution < -0.4 is 0 Å². The van der Waals surface area contributed by atoms with Crippen LogP contribution in [0.4, 0.5) is 0 Å². The Morgan fingerprint density at radius 3 is 2.43 bits per heavy atom. The molecule has 3 nitrogen and oxygen atoms in total. The third kappa shape index (κ3) is 7.21. The molecular formula is C10H21NO2S. The van der Waals surface area contributed by atoms with Gasteiger partial charge in [-0.15, -0.1) is 11.8 Å². The van der Waals surface area contributed by atoms with Gasteiger partial charge in [-0.1, -0.05) is 13.8 Å². The Bertz CT molecular complexity index is 172. The van der Waals surface area contributed by atoms with Gasteiger partial charge in [-0.05, 0) is 18.6 Å². The zero-order valence-electron chi connectivity index (χ0n) is 9.49. The Hall–Kier alpha value is -0.220. The van der Waals surface area contributed by atoms with Crippen molar-refractivity contribution in [3.8, 4) is 0 Å². The number of thioether (sulfide) groups is 1. The first-order chi connectivity index (χ1) is 6.43. The third-order valence-electron chi connectivity index (χ3n) is 1.85. The first kappa shape index (κ1) is 13.8. The highest BCUT2D eigenvalue weighted by molar-refractivity contribution is 8.00. The van der Waals surface area contributed by atoms with Gasteiger partial charge >= 0.3 is 0 Å². The molecule has 0 fully saturated rings. The lowest BCUT2D eigenvalue weighted by molar-refractivity contribution is -0.127. The van der Waals surface area contributed by atoms with Gasteiger partial charge in [0.1, 0.15) is 0 Å². The van der Waals surface area contributed by atoms with Gasteiger partial charge in [-0.2, -0.15) is 0 Å². The molecule has 0 radical (unpaired) electrons. The van der Waals surface area contributed by atoms with E-state index in [1.807, 2.05) is 0 Å². The van der Waals surface area contributed by atoms with Crippen molar-refractivity contribution in [1.29, 1.82) is 0 Å². The second-order valence-electron chi connectivity index (χ2n) is 3.81. The van der Waals surface area contributed by atoms with Crippen LogP contribution in [-0.2, 0) is 4.79 Å². The summed E-state index contributed by atoms with van der Waals surface area (Å²) in [6.45, 7) is 6.53. The molecule has 4 heteroatoms. The minimum atomic E-state index is -0.331. The molecule has 0 aliphatic rings. The second-order valence-corrected chi connectivity index (χ2v) is 5.38. The van der Waals surface area contributed by atoms with Crippen LogP contribution in [0.3, 0.4) is 0 Å². The first-order valence-corrected chi connectivity index (χ1v) is 6.02. The zero-order valence-corrected chi connectivity index (χ0v) is 10.3. The molecule has 0 saturated heterocycles. The summed E-state index contributed by atoms with van der Waals surface area (Å²) in [5, 5.41) is 9.55. The molecular weight excluding hydrogens is 198 g/mol. The van der Waals surface area contributed by atoms with Crippen LogP contribution in [0.15, 0.2) is 0 Å². The van der Waals surface area contributed by atoms with Crippen LogP contribution in [0.2, 0.25) is 0 Å². The number of nitrogens with zero attached hydrogens (tertiary/aromatic N) is 1. The number of aliphatic hydroxyl groups is 1. The molecule has 0 heterocycles. The van der Waals surface area contributed by atoms with Crippen molar-refractivity contribution in [3.05, 3.63) is 0 Å². The summed E-state index contributed by atoms with van der Waals surface area (Å²) < 4.78 is 0. The molecule has 0 bridgehead atoms. The smallest absolute Gasteiger partial charge is 0.232 e. The fourth-order valence-corrected chi connectivity index (χ4v) is 1.55. The first-order valence-electron chi connectivity index (χ1n) is 4.97. The monoisotopic (exact) mass is 219 g/mol. The second kappa shape index (κ2) is 7.12. The normalized spacial score (nSPS) is 13.0. The van der Waals surface area contributed by atoms with E-state index in [9.17, 15) is 4.79 Å². The molecule has 0 spiro atoms. The van der Waals surface area contributed by atoms with Crippen LogP contribution in [0, 0.1) is 0 Å². The van der Waals surface area contributed by atoms with E-state index in [4.69, 9.17) is 5.11 Å². The predicted molar refractivity (Wildman–Crippen MR) is 61.5 cm³/mol. The number of aliphatic hydroxyl groups excluding tert-OH is 1. The lowest BCUT2D eigenvalue weighted by Gasteiger charge is -2.18. The summed E-state index contributed by atoms with van der Waals surface area (Å²) in [6.07, 6.45) is 0.317. The maximum atomic E-state index is 11.5. The average molecular weight is 219 g/mol. The number of rotatable bonds is 6. The average Bonchev–Trinajstić information content (AvgIpc) is 2.09. The quantitative estimate of drug-likeness (QED) is 0.733. The van der Waals surface area contributed by atoms with Gasteiger partial charge in [0, 0.05) is 13.6 Å². The number of carbonyl (C=O) groups excluding carboxylic acids is 1. The minimum absolute atomic E-state index is 0.143. The Kier molecular flexibility index (Phi) is 7.01. The minimum Gasteiger partial charge on any atom is -0.393 e. The predicted octanol–water partition coefficient (Wildman–Crippen LogP) is 1.36. The van der Waals surface area contributed by atoms with Crippen molar-refractivity contribution in [2.45, 2.75) is 38.5 Å². The summed E-state index contributed by atoms with van der Waals surface area (Å²) in [4.78, 5) is 13.2. The molecule has 1 unspecified atom stereocenters. The third-order valence-corrected chi connectivity index (χ3v) is 2.93. The van der Waals surface area contributed by atoms with Crippen molar-refractivity contribution in [2.24, 2.45) is 0 Å². The number of hydrogen-bond acceptors (Lipinski definition) is 3. The number of amides is 1. The van der Waals surface area contributed by atoms with E-state index in [0.29, 0.717) is 24.0 Å². The SMILES string of the molecule is CC(O)CCN(C)C(=O)CSC(C)C. The topological polar surface area (TPSA) is 40.5 Å². The summed E-state index contributed by atoms with van der Waals surface area (Å²) in [6, 6.07) is 0. The molecule has 0 aromatic rings. The molecule has 14 heavy (non-hydrogen) atoms. The Morgan fingerprint density at radius 1 is 1.43 bits per heavy atom. The van der Waals surface area contributed by atoms with Crippen molar-refractivity contribution in [2.75, 3.05) is 19.3 Å². The summed E-state index contributed by atoms with van der Waals surface area (Å²) >= 11 is 1.65. The molecule has 0 aliphatic heterocycles. The van der Waals surface area contributed by atoms with Crippen molar-refractivity contribution >= 4 is 17.7 Å². The molecule has 0 aromatic carbocycles. The summed E-state index contributed by atoms with van der Waals surface area (Å²) in [7, 11) is 1.78. The maximum absolute atomic E-state index is 11.5. The van der Waals surface area contributed by atoms with E-state index in [2.05, 4.69) is 13.8 Å². The van der Waals surface area contributed by atoms with Crippen LogP contribution in [0.25, 0.3) is 0 Å². The zero-order chi connectivity index (χ0) is 11.1. The lowest BCUT2D eigenvalue weighted by Crippen LogP contribution is -2.31. The van der Waals surface area contributed by atoms with E-state index in [0.717, 1.165) is 0 Å². The molecule has 0 aromatic heterocycles. The van der Waals surface area contributed by atoms with E-state index >= 15 is 0 Å². The van der Waals surface area contributed by atoms with E-state index in [-0.39, 0.29) is 12.0 Å². The molecule has 84 valence electrons. The van der Waals surface area contributed by atoms with Gasteiger partial charge < -0.3 is 10.0 Å². The lowest BCUT2D eigenvalue weighted by atomic mass is 10.3. The largest absolute Gasteiger partial charge is 0.393 e. The van der Waals surface area contributed by atoms with E-state index in [1.54, 1.807) is 30.6 Å². The van der Waals surface area contributed by atoms with Crippen molar-refractivity contribution in [1.82, 2.24) is 4.90 Å². The Balaban J connectivity index is 3.65. The molecule has 0 aliphatic carbocycles. The molecule has 0 rings (SSSR count). The Labute approximate surface area is 90.9 Å². The molecule has 1 amide bonds. The van der Waals surface area contributed by atoms with E-state index in [1.165, 1.54) is 0 Å². The number of carbonyl (C=O) groups is 1. The maximum Gasteiger partial charge on any atom is 0.232 e. The fraction of sp³-hybridized carbons (Fsp3) is 0.900. The van der Waals surface area contributed by atoms with Crippen LogP contribution in [0.1, 0.15) is 27.2 Å². The van der Waals surface area contributed by atoms with Gasteiger partial charge in [0.2, 0.25) is 5.91 Å². The van der Waals surface area contributed by atoms with Gasteiger partial charge in [-0.25, -0.2) is 0 Å². The van der Waals surface area contributed by atoms with Crippen molar-refractivity contribution < 1.29 is 9.90 Å². The number of hydrogen-bond donors (Lipinski definition) is 1. The molecule has 1 atom stereocenters.